The van der Waals surface area contributed by atoms with Gasteiger partial charge in [0.1, 0.15) is 17.4 Å². The third-order valence-corrected chi connectivity index (χ3v) is 6.71. The van der Waals surface area contributed by atoms with Crippen LogP contribution in [-0.2, 0) is 20.0 Å². The number of anilines is 1. The average Bonchev–Trinajstić information content (AvgIpc) is 2.83. The summed E-state index contributed by atoms with van der Waals surface area (Å²) in [5.74, 6) is 1.51. The molecular formula is C27H36N2O5S. The van der Waals surface area contributed by atoms with Crippen LogP contribution in [0.4, 0.5) is 10.5 Å². The number of nitrogens with one attached hydrogen (secondary N) is 2. The number of alkyl carbamates (subject to hydrolysis) is 1. The van der Waals surface area contributed by atoms with Crippen molar-refractivity contribution < 1.29 is 23.8 Å². The van der Waals surface area contributed by atoms with E-state index in [4.69, 9.17) is 14.2 Å². The van der Waals surface area contributed by atoms with Crippen molar-refractivity contribution in [1.82, 2.24) is 5.32 Å². The Morgan fingerprint density at radius 3 is 2.49 bits per heavy atom. The van der Waals surface area contributed by atoms with Gasteiger partial charge in [-0.05, 0) is 63.6 Å². The average molecular weight is 501 g/mol. The smallest absolute Gasteiger partial charge is 0.408 e. The quantitative estimate of drug-likeness (QED) is 0.434. The lowest BCUT2D eigenvalue weighted by Crippen LogP contribution is -2.47. The van der Waals surface area contributed by atoms with Crippen molar-refractivity contribution in [1.29, 1.82) is 0 Å². The van der Waals surface area contributed by atoms with E-state index in [0.29, 0.717) is 37.0 Å². The van der Waals surface area contributed by atoms with Crippen LogP contribution in [-0.4, -0.2) is 44.0 Å². The minimum absolute atomic E-state index is 0.283. The van der Waals surface area contributed by atoms with Gasteiger partial charge in [0.15, 0.2) is 0 Å². The maximum absolute atomic E-state index is 13.2. The van der Waals surface area contributed by atoms with Gasteiger partial charge in [0, 0.05) is 35.6 Å². The zero-order valence-electron chi connectivity index (χ0n) is 21.0. The summed E-state index contributed by atoms with van der Waals surface area (Å²) in [6, 6.07) is 15.1. The molecule has 1 atom stereocenters. The second kappa shape index (κ2) is 12.8. The molecule has 1 fully saturated rings. The van der Waals surface area contributed by atoms with Crippen LogP contribution >= 0.6 is 11.8 Å². The molecule has 1 aliphatic heterocycles. The van der Waals surface area contributed by atoms with Gasteiger partial charge in [-0.25, -0.2) is 4.79 Å². The van der Waals surface area contributed by atoms with E-state index < -0.39 is 17.7 Å². The van der Waals surface area contributed by atoms with Gasteiger partial charge in [0.2, 0.25) is 5.91 Å². The van der Waals surface area contributed by atoms with Gasteiger partial charge < -0.3 is 24.8 Å². The Morgan fingerprint density at radius 1 is 1.11 bits per heavy atom. The van der Waals surface area contributed by atoms with Gasteiger partial charge in [0.25, 0.3) is 0 Å². The van der Waals surface area contributed by atoms with Crippen molar-refractivity contribution in [3.8, 4) is 5.75 Å². The fraction of sp³-hybridized carbons (Fsp3) is 0.481. The van der Waals surface area contributed by atoms with E-state index in [-0.39, 0.29) is 5.91 Å². The minimum Gasteiger partial charge on any atom is -0.496 e. The number of rotatable bonds is 9. The number of hydrogen-bond acceptors (Lipinski definition) is 6. The molecular weight excluding hydrogens is 464 g/mol. The fourth-order valence-corrected chi connectivity index (χ4v) is 4.79. The van der Waals surface area contributed by atoms with Crippen LogP contribution in [0.25, 0.3) is 0 Å². The first-order chi connectivity index (χ1) is 16.7. The summed E-state index contributed by atoms with van der Waals surface area (Å²) in [5, 5.41) is 5.72. The van der Waals surface area contributed by atoms with Gasteiger partial charge in [-0.2, -0.15) is 0 Å². The highest BCUT2D eigenvalue weighted by Gasteiger charge is 2.28. The first-order valence-corrected chi connectivity index (χ1v) is 12.9. The molecule has 0 aliphatic carbocycles. The normalized spacial score (nSPS) is 15.2. The Kier molecular flexibility index (Phi) is 9.86. The second-order valence-electron chi connectivity index (χ2n) is 9.62. The van der Waals surface area contributed by atoms with E-state index in [0.717, 1.165) is 23.5 Å². The lowest BCUT2D eigenvalue weighted by Gasteiger charge is -2.28. The summed E-state index contributed by atoms with van der Waals surface area (Å²) in [7, 11) is 1.62. The molecule has 0 bridgehead atoms. The largest absolute Gasteiger partial charge is 0.496 e. The predicted octanol–water partition coefficient (Wildman–Crippen LogP) is 5.64. The van der Waals surface area contributed by atoms with Crippen molar-refractivity contribution in [3.05, 3.63) is 54.1 Å². The number of carbonyl (C=O) groups excluding carboxylic acids is 2. The molecule has 1 heterocycles. The SMILES string of the molecule is COc1cc(NC(=O)[C@H](CC2CCOCC2)NC(=O)OC(C)(C)C)ccc1SCc1ccccc1. The van der Waals surface area contributed by atoms with E-state index in [2.05, 4.69) is 22.8 Å². The highest BCUT2D eigenvalue weighted by Crippen LogP contribution is 2.34. The first-order valence-electron chi connectivity index (χ1n) is 12.0. The highest BCUT2D eigenvalue weighted by atomic mass is 32.2. The fourth-order valence-electron chi connectivity index (χ4n) is 3.83. The molecule has 2 N–H and O–H groups in total. The van der Waals surface area contributed by atoms with Crippen molar-refractivity contribution in [2.24, 2.45) is 5.92 Å². The molecule has 2 aromatic rings. The predicted molar refractivity (Wildman–Crippen MR) is 139 cm³/mol. The van der Waals surface area contributed by atoms with E-state index >= 15 is 0 Å². The van der Waals surface area contributed by atoms with Crippen LogP contribution in [0.5, 0.6) is 5.75 Å². The lowest BCUT2D eigenvalue weighted by molar-refractivity contribution is -0.118. The molecule has 0 spiro atoms. The number of methoxy groups -OCH3 is 1. The monoisotopic (exact) mass is 500 g/mol. The summed E-state index contributed by atoms with van der Waals surface area (Å²) >= 11 is 1.67. The van der Waals surface area contributed by atoms with Gasteiger partial charge in [0.05, 0.1) is 7.11 Å². The number of thioether (sulfide) groups is 1. The van der Waals surface area contributed by atoms with E-state index in [1.807, 2.05) is 36.4 Å². The molecule has 0 unspecified atom stereocenters. The molecule has 2 amide bonds. The zero-order valence-corrected chi connectivity index (χ0v) is 21.8. The Labute approximate surface area is 212 Å². The van der Waals surface area contributed by atoms with Crippen molar-refractivity contribution in [3.63, 3.8) is 0 Å². The lowest BCUT2D eigenvalue weighted by atomic mass is 9.92. The summed E-state index contributed by atoms with van der Waals surface area (Å²) in [6.07, 6.45) is 1.65. The third kappa shape index (κ3) is 9.11. The molecule has 0 aromatic heterocycles. The summed E-state index contributed by atoms with van der Waals surface area (Å²) < 4.78 is 16.4. The van der Waals surface area contributed by atoms with E-state index in [1.165, 1.54) is 5.56 Å². The van der Waals surface area contributed by atoms with Crippen LogP contribution in [0.1, 0.15) is 45.6 Å². The molecule has 1 aliphatic rings. The molecule has 2 aromatic carbocycles. The maximum Gasteiger partial charge on any atom is 0.408 e. The molecule has 190 valence electrons. The molecule has 3 rings (SSSR count). The van der Waals surface area contributed by atoms with Crippen LogP contribution in [0.15, 0.2) is 53.4 Å². The molecule has 35 heavy (non-hydrogen) atoms. The summed E-state index contributed by atoms with van der Waals surface area (Å²) in [6.45, 7) is 6.73. The number of carbonyl (C=O) groups is 2. The third-order valence-electron chi connectivity index (χ3n) is 5.59. The first kappa shape index (κ1) is 26.9. The van der Waals surface area contributed by atoms with Crippen molar-refractivity contribution in [2.75, 3.05) is 25.6 Å². The maximum atomic E-state index is 13.2. The molecule has 1 saturated heterocycles. The highest BCUT2D eigenvalue weighted by molar-refractivity contribution is 7.98. The van der Waals surface area contributed by atoms with Gasteiger partial charge in [-0.3, -0.25) is 4.79 Å². The Morgan fingerprint density at radius 2 is 1.83 bits per heavy atom. The Balaban J connectivity index is 1.67. The molecule has 0 saturated carbocycles. The number of hydrogen-bond donors (Lipinski definition) is 2. The van der Waals surface area contributed by atoms with E-state index in [9.17, 15) is 9.59 Å². The van der Waals surface area contributed by atoms with Crippen molar-refractivity contribution in [2.45, 2.75) is 62.3 Å². The molecule has 8 heteroatoms. The number of benzene rings is 2. The van der Waals surface area contributed by atoms with Crippen LogP contribution < -0.4 is 15.4 Å². The molecule has 0 radical (unpaired) electrons. The number of ether oxygens (including phenoxy) is 3. The molecule has 7 nitrogen and oxygen atoms in total. The standard InChI is InChI=1S/C27H36N2O5S/c1-27(2,3)34-26(31)29-22(16-19-12-14-33-15-13-19)25(30)28-21-10-11-24(23(17-21)32-4)35-18-20-8-6-5-7-9-20/h5-11,17,19,22H,12-16,18H2,1-4H3,(H,28,30)(H,29,31)/t22-/m0/s1. The van der Waals surface area contributed by atoms with Crippen molar-refractivity contribution >= 4 is 29.4 Å². The van der Waals surface area contributed by atoms with Crippen LogP contribution in [0.2, 0.25) is 0 Å². The Bertz CT molecular complexity index is 971. The minimum atomic E-state index is -0.717. The summed E-state index contributed by atoms with van der Waals surface area (Å²) in [4.78, 5) is 26.7. The van der Waals surface area contributed by atoms with Gasteiger partial charge in [-0.15, -0.1) is 11.8 Å². The zero-order chi connectivity index (χ0) is 25.3. The topological polar surface area (TPSA) is 85.9 Å². The van der Waals surface area contributed by atoms with Crippen LogP contribution in [0.3, 0.4) is 0 Å². The van der Waals surface area contributed by atoms with E-state index in [1.54, 1.807) is 39.6 Å². The number of amides is 2. The van der Waals surface area contributed by atoms with Crippen LogP contribution in [0, 0.1) is 5.92 Å². The van der Waals surface area contributed by atoms with Gasteiger partial charge >= 0.3 is 6.09 Å². The second-order valence-corrected chi connectivity index (χ2v) is 10.6. The van der Waals surface area contributed by atoms with Gasteiger partial charge in [-0.1, -0.05) is 30.3 Å². The Hall–Kier alpha value is -2.71. The summed E-state index contributed by atoms with van der Waals surface area (Å²) in [5.41, 5.74) is 1.18.